The van der Waals surface area contributed by atoms with Crippen molar-refractivity contribution < 1.29 is 0 Å². The SMILES string of the molecule is CN1CCC(Nc2ccc(Cn3cncn3)cc2)C1. The summed E-state index contributed by atoms with van der Waals surface area (Å²) in [5, 5.41) is 7.69. The van der Waals surface area contributed by atoms with Crippen LogP contribution in [0.15, 0.2) is 36.9 Å². The summed E-state index contributed by atoms with van der Waals surface area (Å²) in [7, 11) is 2.17. The smallest absolute Gasteiger partial charge is 0.137 e. The largest absolute Gasteiger partial charge is 0.381 e. The molecule has 5 heteroatoms. The van der Waals surface area contributed by atoms with E-state index in [9.17, 15) is 0 Å². The van der Waals surface area contributed by atoms with E-state index < -0.39 is 0 Å². The average Bonchev–Trinajstić information content (AvgIpc) is 3.04. The number of likely N-dealkylation sites (N-methyl/N-ethyl adjacent to an activating group) is 1. The fraction of sp³-hybridized carbons (Fsp3) is 0.429. The van der Waals surface area contributed by atoms with E-state index in [1.165, 1.54) is 24.2 Å². The Morgan fingerprint density at radius 2 is 2.16 bits per heavy atom. The molecule has 0 radical (unpaired) electrons. The summed E-state index contributed by atoms with van der Waals surface area (Å²) >= 11 is 0. The highest BCUT2D eigenvalue weighted by atomic mass is 15.3. The number of hydrogen-bond donors (Lipinski definition) is 1. The van der Waals surface area contributed by atoms with Crippen LogP contribution in [0.5, 0.6) is 0 Å². The van der Waals surface area contributed by atoms with Crippen molar-refractivity contribution in [1.29, 1.82) is 0 Å². The molecule has 100 valence electrons. The molecule has 5 nitrogen and oxygen atoms in total. The van der Waals surface area contributed by atoms with Gasteiger partial charge in [-0.3, -0.25) is 0 Å². The molecule has 1 saturated heterocycles. The fourth-order valence-electron chi connectivity index (χ4n) is 2.50. The van der Waals surface area contributed by atoms with Crippen molar-refractivity contribution in [1.82, 2.24) is 19.7 Å². The lowest BCUT2D eigenvalue weighted by molar-refractivity contribution is 0.414. The highest BCUT2D eigenvalue weighted by Crippen LogP contribution is 2.16. The maximum Gasteiger partial charge on any atom is 0.137 e. The summed E-state index contributed by atoms with van der Waals surface area (Å²) in [5.74, 6) is 0. The maximum absolute atomic E-state index is 4.11. The van der Waals surface area contributed by atoms with Crippen LogP contribution in [0.3, 0.4) is 0 Å². The standard InChI is InChI=1S/C14H19N5/c1-18-7-6-14(9-18)17-13-4-2-12(3-5-13)8-19-11-15-10-16-19/h2-5,10-11,14,17H,6-9H2,1H3. The van der Waals surface area contributed by atoms with Crippen LogP contribution in [0.4, 0.5) is 5.69 Å². The summed E-state index contributed by atoms with van der Waals surface area (Å²) in [6.07, 6.45) is 4.52. The Morgan fingerprint density at radius 3 is 2.79 bits per heavy atom. The number of hydrogen-bond acceptors (Lipinski definition) is 4. The number of nitrogens with one attached hydrogen (secondary N) is 1. The van der Waals surface area contributed by atoms with Gasteiger partial charge in [-0.25, -0.2) is 9.67 Å². The molecule has 1 N–H and O–H groups in total. The van der Waals surface area contributed by atoms with Crippen LogP contribution in [0, 0.1) is 0 Å². The first-order valence-electron chi connectivity index (χ1n) is 6.66. The molecule has 1 unspecified atom stereocenters. The summed E-state index contributed by atoms with van der Waals surface area (Å²) in [5.41, 5.74) is 2.43. The number of aromatic nitrogens is 3. The second-order valence-corrected chi connectivity index (χ2v) is 5.18. The quantitative estimate of drug-likeness (QED) is 0.900. The molecule has 3 rings (SSSR count). The second-order valence-electron chi connectivity index (χ2n) is 5.18. The second kappa shape index (κ2) is 5.40. The Kier molecular flexibility index (Phi) is 3.46. The first-order valence-corrected chi connectivity index (χ1v) is 6.66. The highest BCUT2D eigenvalue weighted by Gasteiger charge is 2.18. The lowest BCUT2D eigenvalue weighted by atomic mass is 10.2. The molecule has 2 aromatic rings. The molecule has 1 aromatic carbocycles. The van der Waals surface area contributed by atoms with Gasteiger partial charge in [0.05, 0.1) is 6.54 Å². The van der Waals surface area contributed by atoms with Crippen molar-refractivity contribution in [2.24, 2.45) is 0 Å². The van der Waals surface area contributed by atoms with Crippen LogP contribution in [0.1, 0.15) is 12.0 Å². The summed E-state index contributed by atoms with van der Waals surface area (Å²) in [6.45, 7) is 3.08. The van der Waals surface area contributed by atoms with E-state index in [0.717, 1.165) is 13.1 Å². The van der Waals surface area contributed by atoms with Crippen LogP contribution in [-0.4, -0.2) is 45.8 Å². The van der Waals surface area contributed by atoms with Crippen molar-refractivity contribution in [2.75, 3.05) is 25.5 Å². The van der Waals surface area contributed by atoms with Crippen molar-refractivity contribution >= 4 is 5.69 Å². The normalized spacial score (nSPS) is 19.7. The molecule has 19 heavy (non-hydrogen) atoms. The monoisotopic (exact) mass is 257 g/mol. The Hall–Kier alpha value is -1.88. The van der Waals surface area contributed by atoms with Crippen molar-refractivity contribution in [2.45, 2.75) is 19.0 Å². The number of likely N-dealkylation sites (tertiary alicyclic amines) is 1. The van der Waals surface area contributed by atoms with Gasteiger partial charge < -0.3 is 10.2 Å². The van der Waals surface area contributed by atoms with Gasteiger partial charge in [0.25, 0.3) is 0 Å². The first kappa shape index (κ1) is 12.2. The highest BCUT2D eigenvalue weighted by molar-refractivity contribution is 5.45. The van der Waals surface area contributed by atoms with Gasteiger partial charge in [0.15, 0.2) is 0 Å². The van der Waals surface area contributed by atoms with Gasteiger partial charge in [-0.15, -0.1) is 0 Å². The van der Waals surface area contributed by atoms with E-state index >= 15 is 0 Å². The minimum absolute atomic E-state index is 0.575. The van der Waals surface area contributed by atoms with E-state index in [-0.39, 0.29) is 0 Å². The maximum atomic E-state index is 4.11. The number of anilines is 1. The number of rotatable bonds is 4. The number of nitrogens with zero attached hydrogens (tertiary/aromatic N) is 4. The Balaban J connectivity index is 1.59. The van der Waals surface area contributed by atoms with E-state index in [4.69, 9.17) is 0 Å². The minimum Gasteiger partial charge on any atom is -0.381 e. The molecule has 0 aliphatic carbocycles. The van der Waals surface area contributed by atoms with E-state index in [2.05, 4.69) is 51.6 Å². The van der Waals surface area contributed by atoms with Crippen molar-refractivity contribution in [3.05, 3.63) is 42.5 Å². The predicted molar refractivity (Wildman–Crippen MR) is 75.1 cm³/mol. The molecule has 0 spiro atoms. The molecule has 2 heterocycles. The van der Waals surface area contributed by atoms with Gasteiger partial charge in [0.1, 0.15) is 12.7 Å². The third kappa shape index (κ3) is 3.12. The van der Waals surface area contributed by atoms with Gasteiger partial charge >= 0.3 is 0 Å². The van der Waals surface area contributed by atoms with Crippen molar-refractivity contribution in [3.8, 4) is 0 Å². The molecule has 1 aromatic heterocycles. The van der Waals surface area contributed by atoms with Crippen LogP contribution in [-0.2, 0) is 6.54 Å². The molecule has 1 aliphatic rings. The molecule has 0 saturated carbocycles. The molecule has 0 bridgehead atoms. The average molecular weight is 257 g/mol. The van der Waals surface area contributed by atoms with E-state index in [1.54, 1.807) is 12.7 Å². The van der Waals surface area contributed by atoms with Crippen LogP contribution in [0.2, 0.25) is 0 Å². The van der Waals surface area contributed by atoms with E-state index in [1.807, 2.05) is 4.68 Å². The lowest BCUT2D eigenvalue weighted by Gasteiger charge is -2.14. The van der Waals surface area contributed by atoms with Gasteiger partial charge in [-0.1, -0.05) is 12.1 Å². The fourth-order valence-corrected chi connectivity index (χ4v) is 2.50. The Labute approximate surface area is 113 Å². The van der Waals surface area contributed by atoms with Crippen molar-refractivity contribution in [3.63, 3.8) is 0 Å². The molecule has 1 aliphatic heterocycles. The first-order chi connectivity index (χ1) is 9.29. The van der Waals surface area contributed by atoms with E-state index in [0.29, 0.717) is 6.04 Å². The minimum atomic E-state index is 0.575. The zero-order valence-corrected chi connectivity index (χ0v) is 11.2. The molecule has 0 amide bonds. The predicted octanol–water partition coefficient (Wildman–Crippen LogP) is 1.44. The zero-order chi connectivity index (χ0) is 13.1. The van der Waals surface area contributed by atoms with Crippen LogP contribution >= 0.6 is 0 Å². The van der Waals surface area contributed by atoms with Gasteiger partial charge in [0.2, 0.25) is 0 Å². The van der Waals surface area contributed by atoms with Crippen LogP contribution < -0.4 is 5.32 Å². The third-order valence-electron chi connectivity index (χ3n) is 3.53. The van der Waals surface area contributed by atoms with Gasteiger partial charge in [0, 0.05) is 18.3 Å². The van der Waals surface area contributed by atoms with Gasteiger partial charge in [-0.05, 0) is 37.7 Å². The number of benzene rings is 1. The van der Waals surface area contributed by atoms with Crippen LogP contribution in [0.25, 0.3) is 0 Å². The Bertz CT molecular complexity index is 505. The molecular formula is C14H19N5. The summed E-state index contributed by atoms with van der Waals surface area (Å²) < 4.78 is 1.83. The van der Waals surface area contributed by atoms with Gasteiger partial charge in [-0.2, -0.15) is 5.10 Å². The zero-order valence-electron chi connectivity index (χ0n) is 11.2. The Morgan fingerprint density at radius 1 is 1.32 bits per heavy atom. The molecule has 1 atom stereocenters. The molecular weight excluding hydrogens is 238 g/mol. The lowest BCUT2D eigenvalue weighted by Crippen LogP contribution is -2.23. The summed E-state index contributed by atoms with van der Waals surface area (Å²) in [4.78, 5) is 6.30. The topological polar surface area (TPSA) is 46.0 Å². The summed E-state index contributed by atoms with van der Waals surface area (Å²) in [6, 6.07) is 9.15. The third-order valence-corrected chi connectivity index (χ3v) is 3.53. The molecule has 1 fully saturated rings.